The molecule has 0 fully saturated rings. The maximum Gasteiger partial charge on any atom is 0.271 e. The van der Waals surface area contributed by atoms with Gasteiger partial charge in [0.2, 0.25) is 0 Å². The van der Waals surface area contributed by atoms with Crippen molar-refractivity contribution in [1.82, 2.24) is 9.55 Å². The lowest BCUT2D eigenvalue weighted by Gasteiger charge is -2.13. The van der Waals surface area contributed by atoms with Crippen molar-refractivity contribution >= 4 is 23.0 Å². The molecule has 27 heavy (non-hydrogen) atoms. The number of nitro benzene ring substituents is 1. The van der Waals surface area contributed by atoms with Crippen LogP contribution in [-0.2, 0) is 4.79 Å². The Bertz CT molecular complexity index is 983. The quantitative estimate of drug-likeness (QED) is 0.512. The largest absolute Gasteiger partial charge is 0.483 e. The monoisotopic (exact) mass is 364 g/mol. The molecule has 8 nitrogen and oxygen atoms in total. The molecular formula is C19H16N4O4. The lowest BCUT2D eigenvalue weighted by atomic mass is 10.1. The van der Waals surface area contributed by atoms with Gasteiger partial charge in [0.25, 0.3) is 11.6 Å². The van der Waals surface area contributed by atoms with Crippen LogP contribution in [0.1, 0.15) is 5.56 Å². The molecule has 3 aromatic rings. The fourth-order valence-electron chi connectivity index (χ4n) is 2.43. The van der Waals surface area contributed by atoms with E-state index in [-0.39, 0.29) is 12.3 Å². The molecule has 1 N–H and O–H groups in total. The minimum absolute atomic E-state index is 0.101. The van der Waals surface area contributed by atoms with Gasteiger partial charge in [-0.3, -0.25) is 14.9 Å². The second kappa shape index (κ2) is 7.96. The van der Waals surface area contributed by atoms with Crippen LogP contribution >= 0.6 is 0 Å². The molecule has 2 aromatic carbocycles. The number of hydrogen-bond donors (Lipinski definition) is 1. The Morgan fingerprint density at radius 3 is 2.81 bits per heavy atom. The lowest BCUT2D eigenvalue weighted by molar-refractivity contribution is -0.384. The van der Waals surface area contributed by atoms with E-state index in [0.29, 0.717) is 17.1 Å². The van der Waals surface area contributed by atoms with Crippen molar-refractivity contribution in [2.24, 2.45) is 0 Å². The molecule has 1 heterocycles. The van der Waals surface area contributed by atoms with E-state index < -0.39 is 10.8 Å². The number of non-ortho nitro benzene ring substituents is 1. The zero-order chi connectivity index (χ0) is 19.2. The van der Waals surface area contributed by atoms with E-state index in [1.54, 1.807) is 41.5 Å². The number of anilines is 1. The first-order valence-electron chi connectivity index (χ1n) is 7.98. The summed E-state index contributed by atoms with van der Waals surface area (Å²) in [6.07, 6.45) is 5.02. The zero-order valence-electron chi connectivity index (χ0n) is 14.2. The molecule has 0 bridgehead atoms. The molecule has 0 radical (unpaired) electrons. The molecule has 1 aromatic heterocycles. The first kappa shape index (κ1) is 17.9. The summed E-state index contributed by atoms with van der Waals surface area (Å²) in [5.41, 5.74) is 1.60. The fraction of sp³-hybridized carbons (Fsp3) is 0.0526. The summed E-state index contributed by atoms with van der Waals surface area (Å²) in [7, 11) is 0. The molecule has 0 aliphatic rings. The number of benzene rings is 2. The van der Waals surface area contributed by atoms with Crippen LogP contribution in [0.2, 0.25) is 0 Å². The van der Waals surface area contributed by atoms with Crippen molar-refractivity contribution in [3.63, 3.8) is 0 Å². The topological polar surface area (TPSA) is 99.3 Å². The molecule has 0 aliphatic carbocycles. The smallest absolute Gasteiger partial charge is 0.271 e. The number of amides is 1. The van der Waals surface area contributed by atoms with Gasteiger partial charge in [-0.2, -0.15) is 0 Å². The van der Waals surface area contributed by atoms with Gasteiger partial charge in [-0.25, -0.2) is 4.98 Å². The molecule has 0 atom stereocenters. The number of rotatable bonds is 7. The van der Waals surface area contributed by atoms with E-state index in [1.165, 1.54) is 18.2 Å². The number of nitro groups is 1. The maximum absolute atomic E-state index is 12.1. The Labute approximate surface area is 154 Å². The number of carbonyl (C=O) groups is 1. The van der Waals surface area contributed by atoms with E-state index in [0.717, 1.165) is 5.56 Å². The van der Waals surface area contributed by atoms with Crippen molar-refractivity contribution in [2.75, 3.05) is 11.9 Å². The van der Waals surface area contributed by atoms with Crippen molar-refractivity contribution in [1.29, 1.82) is 0 Å². The van der Waals surface area contributed by atoms with Crippen LogP contribution in [0.3, 0.4) is 0 Å². The highest BCUT2D eigenvalue weighted by atomic mass is 16.6. The van der Waals surface area contributed by atoms with Crippen molar-refractivity contribution in [2.45, 2.75) is 0 Å². The minimum Gasteiger partial charge on any atom is -0.483 e. The summed E-state index contributed by atoms with van der Waals surface area (Å²) in [5, 5.41) is 13.4. The van der Waals surface area contributed by atoms with Gasteiger partial charge >= 0.3 is 0 Å². The molecule has 8 heteroatoms. The van der Waals surface area contributed by atoms with Crippen LogP contribution in [0.25, 0.3) is 5.70 Å². The van der Waals surface area contributed by atoms with Crippen molar-refractivity contribution in [3.8, 4) is 5.75 Å². The van der Waals surface area contributed by atoms with Crippen LogP contribution in [0, 0.1) is 10.1 Å². The van der Waals surface area contributed by atoms with E-state index in [1.807, 2.05) is 12.1 Å². The van der Waals surface area contributed by atoms with E-state index in [2.05, 4.69) is 16.9 Å². The summed E-state index contributed by atoms with van der Waals surface area (Å²) < 4.78 is 7.37. The number of para-hydroxylation sites is 1. The van der Waals surface area contributed by atoms with Gasteiger partial charge in [-0.15, -0.1) is 0 Å². The van der Waals surface area contributed by atoms with Gasteiger partial charge in [0, 0.05) is 35.8 Å². The Kier molecular flexibility index (Phi) is 5.27. The molecule has 1 amide bonds. The average Bonchev–Trinajstić information content (AvgIpc) is 3.21. The molecule has 0 unspecified atom stereocenters. The predicted molar refractivity (Wildman–Crippen MR) is 100 cm³/mol. The third-order valence-corrected chi connectivity index (χ3v) is 3.71. The van der Waals surface area contributed by atoms with Crippen molar-refractivity contribution in [3.05, 3.63) is 89.5 Å². The van der Waals surface area contributed by atoms with Gasteiger partial charge in [0.1, 0.15) is 5.75 Å². The molecule has 0 saturated heterocycles. The zero-order valence-corrected chi connectivity index (χ0v) is 14.2. The Morgan fingerprint density at radius 2 is 2.07 bits per heavy atom. The Morgan fingerprint density at radius 1 is 1.26 bits per heavy atom. The summed E-state index contributed by atoms with van der Waals surface area (Å²) in [4.78, 5) is 26.4. The van der Waals surface area contributed by atoms with E-state index in [9.17, 15) is 14.9 Å². The average molecular weight is 364 g/mol. The summed E-state index contributed by atoms with van der Waals surface area (Å²) in [6.45, 7) is 3.77. The maximum atomic E-state index is 12.1. The third-order valence-electron chi connectivity index (χ3n) is 3.71. The first-order valence-corrected chi connectivity index (χ1v) is 7.98. The summed E-state index contributed by atoms with van der Waals surface area (Å²) in [5.74, 6) is 0.0592. The SMILES string of the molecule is C=C(c1ccccc1OCC(=O)Nc1cccc([N+](=O)[O-])c1)n1ccnc1. The van der Waals surface area contributed by atoms with E-state index in [4.69, 9.17) is 4.74 Å². The Balaban J connectivity index is 1.67. The number of carbonyl (C=O) groups excluding carboxylic acids is 1. The second-order valence-electron chi connectivity index (χ2n) is 5.56. The van der Waals surface area contributed by atoms with Crippen molar-refractivity contribution < 1.29 is 14.5 Å². The van der Waals surface area contributed by atoms with Gasteiger partial charge in [-0.05, 0) is 18.2 Å². The molecule has 0 saturated carbocycles. The standard InChI is InChI=1S/C19H16N4O4/c1-14(22-10-9-20-13-22)17-7-2-3-8-18(17)27-12-19(24)21-15-5-4-6-16(11-15)23(25)26/h2-11,13H,1,12H2,(H,21,24). The number of imidazole rings is 1. The number of hydrogen-bond acceptors (Lipinski definition) is 5. The highest BCUT2D eigenvalue weighted by molar-refractivity contribution is 5.92. The van der Waals surface area contributed by atoms with Crippen LogP contribution in [-0.4, -0.2) is 27.0 Å². The lowest BCUT2D eigenvalue weighted by Crippen LogP contribution is -2.20. The number of nitrogens with zero attached hydrogens (tertiary/aromatic N) is 3. The van der Waals surface area contributed by atoms with Gasteiger partial charge in [0.05, 0.1) is 16.9 Å². The first-order chi connectivity index (χ1) is 13.0. The Hall–Kier alpha value is -3.94. The molecular weight excluding hydrogens is 348 g/mol. The van der Waals surface area contributed by atoms with Crippen LogP contribution < -0.4 is 10.1 Å². The predicted octanol–water partition coefficient (Wildman–Crippen LogP) is 3.33. The van der Waals surface area contributed by atoms with Gasteiger partial charge in [-0.1, -0.05) is 24.8 Å². The third kappa shape index (κ3) is 4.37. The number of ether oxygens (including phenoxy) is 1. The summed E-state index contributed by atoms with van der Waals surface area (Å²) in [6, 6.07) is 12.9. The molecule has 136 valence electrons. The molecule has 3 rings (SSSR count). The van der Waals surface area contributed by atoms with Crippen LogP contribution in [0.5, 0.6) is 5.75 Å². The van der Waals surface area contributed by atoms with Crippen LogP contribution in [0.15, 0.2) is 73.8 Å². The van der Waals surface area contributed by atoms with Gasteiger partial charge < -0.3 is 14.6 Å². The minimum atomic E-state index is -0.524. The highest BCUT2D eigenvalue weighted by Crippen LogP contribution is 2.26. The highest BCUT2D eigenvalue weighted by Gasteiger charge is 2.12. The van der Waals surface area contributed by atoms with E-state index >= 15 is 0 Å². The summed E-state index contributed by atoms with van der Waals surface area (Å²) >= 11 is 0. The fourth-order valence-corrected chi connectivity index (χ4v) is 2.43. The van der Waals surface area contributed by atoms with Crippen LogP contribution in [0.4, 0.5) is 11.4 Å². The normalized spacial score (nSPS) is 10.2. The molecule has 0 aliphatic heterocycles. The number of aromatic nitrogens is 2. The molecule has 0 spiro atoms. The second-order valence-corrected chi connectivity index (χ2v) is 5.56. The van der Waals surface area contributed by atoms with Gasteiger partial charge in [0.15, 0.2) is 6.61 Å². The number of nitrogens with one attached hydrogen (secondary N) is 1.